The standard InChI is InChI=1S/C14H21Cl2NOS/c1-2-17-12(11-9-13(15)19-14(11)16)7-6-10-5-3-4-8-18-10/h9-10,12,17H,2-8H2,1H3. The summed E-state index contributed by atoms with van der Waals surface area (Å²) in [5.41, 5.74) is 1.13. The molecule has 0 bridgehead atoms. The first-order valence-corrected chi connectivity index (χ1v) is 8.57. The average Bonchev–Trinajstić information content (AvgIpc) is 2.75. The van der Waals surface area contributed by atoms with Crippen LogP contribution >= 0.6 is 34.5 Å². The Morgan fingerprint density at radius 3 is 2.89 bits per heavy atom. The van der Waals surface area contributed by atoms with Gasteiger partial charge in [-0.3, -0.25) is 0 Å². The van der Waals surface area contributed by atoms with Gasteiger partial charge in [0, 0.05) is 18.2 Å². The molecule has 0 saturated carbocycles. The lowest BCUT2D eigenvalue weighted by atomic mass is 9.99. The summed E-state index contributed by atoms with van der Waals surface area (Å²) >= 11 is 13.7. The number of halogens is 2. The molecular weight excluding hydrogens is 301 g/mol. The van der Waals surface area contributed by atoms with Gasteiger partial charge in [-0.2, -0.15) is 0 Å². The molecule has 2 nitrogen and oxygen atoms in total. The molecular formula is C14H21Cl2NOS. The van der Waals surface area contributed by atoms with E-state index in [0.29, 0.717) is 6.10 Å². The maximum Gasteiger partial charge on any atom is 0.0991 e. The van der Waals surface area contributed by atoms with Gasteiger partial charge < -0.3 is 10.1 Å². The maximum absolute atomic E-state index is 6.26. The van der Waals surface area contributed by atoms with Crippen molar-refractivity contribution < 1.29 is 4.74 Å². The van der Waals surface area contributed by atoms with Crippen LogP contribution in [-0.2, 0) is 4.74 Å². The third kappa shape index (κ3) is 4.61. The highest BCUT2D eigenvalue weighted by molar-refractivity contribution is 7.20. The van der Waals surface area contributed by atoms with E-state index in [2.05, 4.69) is 12.2 Å². The molecule has 0 aliphatic carbocycles. The largest absolute Gasteiger partial charge is 0.378 e. The average molecular weight is 322 g/mol. The van der Waals surface area contributed by atoms with Gasteiger partial charge >= 0.3 is 0 Å². The Balaban J connectivity index is 1.93. The Morgan fingerprint density at radius 1 is 1.47 bits per heavy atom. The van der Waals surface area contributed by atoms with Gasteiger partial charge in [-0.15, -0.1) is 11.3 Å². The minimum Gasteiger partial charge on any atom is -0.378 e. The van der Waals surface area contributed by atoms with Crippen molar-refractivity contribution in [3.05, 3.63) is 20.3 Å². The van der Waals surface area contributed by atoms with E-state index in [1.807, 2.05) is 6.07 Å². The molecule has 0 amide bonds. The van der Waals surface area contributed by atoms with E-state index in [1.54, 1.807) is 0 Å². The van der Waals surface area contributed by atoms with Gasteiger partial charge in [0.1, 0.15) is 0 Å². The predicted octanol–water partition coefficient (Wildman–Crippen LogP) is 5.05. The van der Waals surface area contributed by atoms with Gasteiger partial charge in [-0.1, -0.05) is 30.1 Å². The lowest BCUT2D eigenvalue weighted by molar-refractivity contribution is 0.00857. The van der Waals surface area contributed by atoms with Crippen LogP contribution in [0.15, 0.2) is 6.07 Å². The van der Waals surface area contributed by atoms with Gasteiger partial charge in [0.2, 0.25) is 0 Å². The van der Waals surface area contributed by atoms with E-state index >= 15 is 0 Å². The Bertz CT molecular complexity index is 391. The van der Waals surface area contributed by atoms with Crippen LogP contribution in [0.2, 0.25) is 8.67 Å². The van der Waals surface area contributed by atoms with Crippen molar-refractivity contribution in [3.8, 4) is 0 Å². The SMILES string of the molecule is CCNC(CCC1CCCCO1)c1cc(Cl)sc1Cl. The molecule has 1 N–H and O–H groups in total. The molecule has 1 aromatic rings. The zero-order valence-electron chi connectivity index (χ0n) is 11.3. The number of ether oxygens (including phenoxy) is 1. The fourth-order valence-electron chi connectivity index (χ4n) is 2.59. The number of hydrogen-bond acceptors (Lipinski definition) is 3. The van der Waals surface area contributed by atoms with E-state index in [-0.39, 0.29) is 6.04 Å². The molecule has 19 heavy (non-hydrogen) atoms. The summed E-state index contributed by atoms with van der Waals surface area (Å²) < 4.78 is 7.36. The Morgan fingerprint density at radius 2 is 2.32 bits per heavy atom. The summed E-state index contributed by atoms with van der Waals surface area (Å²) in [5.74, 6) is 0. The highest BCUT2D eigenvalue weighted by Gasteiger charge is 2.20. The number of hydrogen-bond donors (Lipinski definition) is 1. The van der Waals surface area contributed by atoms with Crippen LogP contribution in [0.5, 0.6) is 0 Å². The molecule has 2 rings (SSSR count). The number of thiophene rings is 1. The minimum absolute atomic E-state index is 0.284. The van der Waals surface area contributed by atoms with Crippen molar-refractivity contribution in [2.24, 2.45) is 0 Å². The molecule has 0 radical (unpaired) electrons. The van der Waals surface area contributed by atoms with Crippen molar-refractivity contribution in [3.63, 3.8) is 0 Å². The maximum atomic E-state index is 6.26. The molecule has 108 valence electrons. The van der Waals surface area contributed by atoms with Gasteiger partial charge in [-0.25, -0.2) is 0 Å². The van der Waals surface area contributed by atoms with Crippen LogP contribution in [0.25, 0.3) is 0 Å². The van der Waals surface area contributed by atoms with Crippen LogP contribution in [0.4, 0.5) is 0 Å². The monoisotopic (exact) mass is 321 g/mol. The quantitative estimate of drug-likeness (QED) is 0.791. The van der Waals surface area contributed by atoms with Crippen LogP contribution in [0, 0.1) is 0 Å². The molecule has 2 unspecified atom stereocenters. The zero-order chi connectivity index (χ0) is 13.7. The molecule has 2 atom stereocenters. The van der Waals surface area contributed by atoms with E-state index in [9.17, 15) is 0 Å². The molecule has 0 spiro atoms. The molecule has 1 aliphatic heterocycles. The van der Waals surface area contributed by atoms with E-state index in [1.165, 1.54) is 30.6 Å². The van der Waals surface area contributed by atoms with Crippen LogP contribution in [0.1, 0.15) is 50.6 Å². The van der Waals surface area contributed by atoms with Crippen molar-refractivity contribution in [1.82, 2.24) is 5.32 Å². The second kappa shape index (κ2) is 7.84. The van der Waals surface area contributed by atoms with Crippen molar-refractivity contribution >= 4 is 34.5 Å². The van der Waals surface area contributed by atoms with Gasteiger partial charge in [-0.05, 0) is 44.7 Å². The summed E-state index contributed by atoms with van der Waals surface area (Å²) in [6.07, 6.45) is 6.24. The first kappa shape index (κ1) is 15.6. The summed E-state index contributed by atoms with van der Waals surface area (Å²) in [6.45, 7) is 3.97. The number of nitrogens with one attached hydrogen (secondary N) is 1. The van der Waals surface area contributed by atoms with Crippen LogP contribution in [0.3, 0.4) is 0 Å². The Kier molecular flexibility index (Phi) is 6.43. The molecule has 0 aromatic carbocycles. The summed E-state index contributed by atoms with van der Waals surface area (Å²) in [5, 5.41) is 3.50. The molecule has 1 saturated heterocycles. The first-order valence-electron chi connectivity index (χ1n) is 7.00. The second-order valence-electron chi connectivity index (χ2n) is 4.96. The fraction of sp³-hybridized carbons (Fsp3) is 0.714. The van der Waals surface area contributed by atoms with Crippen molar-refractivity contribution in [2.75, 3.05) is 13.2 Å². The Hall–Kier alpha value is 0.200. The van der Waals surface area contributed by atoms with Crippen LogP contribution in [-0.4, -0.2) is 19.3 Å². The lowest BCUT2D eigenvalue weighted by Crippen LogP contribution is -2.24. The first-order chi connectivity index (χ1) is 9.20. The van der Waals surface area contributed by atoms with E-state index in [0.717, 1.165) is 40.2 Å². The smallest absolute Gasteiger partial charge is 0.0991 e. The topological polar surface area (TPSA) is 21.3 Å². The van der Waals surface area contributed by atoms with E-state index < -0.39 is 0 Å². The molecule has 1 fully saturated rings. The predicted molar refractivity (Wildman–Crippen MR) is 83.6 cm³/mol. The fourth-order valence-corrected chi connectivity index (χ4v) is 4.17. The van der Waals surface area contributed by atoms with Gasteiger partial charge in [0.15, 0.2) is 0 Å². The normalized spacial score (nSPS) is 21.5. The summed E-state index contributed by atoms with van der Waals surface area (Å²) in [7, 11) is 0. The van der Waals surface area contributed by atoms with Gasteiger partial charge in [0.05, 0.1) is 14.8 Å². The minimum atomic E-state index is 0.284. The highest BCUT2D eigenvalue weighted by atomic mass is 35.5. The van der Waals surface area contributed by atoms with Gasteiger partial charge in [0.25, 0.3) is 0 Å². The summed E-state index contributed by atoms with van der Waals surface area (Å²) in [6, 6.07) is 2.27. The Labute approximate surface area is 129 Å². The second-order valence-corrected chi connectivity index (χ2v) is 7.24. The third-order valence-electron chi connectivity index (χ3n) is 3.56. The third-order valence-corrected chi connectivity index (χ3v) is 5.08. The molecule has 5 heteroatoms. The number of rotatable bonds is 6. The molecule has 1 aliphatic rings. The summed E-state index contributed by atoms with van der Waals surface area (Å²) in [4.78, 5) is 0. The highest BCUT2D eigenvalue weighted by Crippen LogP contribution is 2.37. The van der Waals surface area contributed by atoms with Crippen LogP contribution < -0.4 is 5.32 Å². The molecule has 2 heterocycles. The van der Waals surface area contributed by atoms with Crippen molar-refractivity contribution in [1.29, 1.82) is 0 Å². The lowest BCUT2D eigenvalue weighted by Gasteiger charge is -2.25. The van der Waals surface area contributed by atoms with E-state index in [4.69, 9.17) is 27.9 Å². The zero-order valence-corrected chi connectivity index (χ0v) is 13.6. The van der Waals surface area contributed by atoms with Crippen molar-refractivity contribution in [2.45, 2.75) is 51.2 Å². The molecule has 1 aromatic heterocycles.